The summed E-state index contributed by atoms with van der Waals surface area (Å²) in [6.45, 7) is 2.72. The first-order chi connectivity index (χ1) is 8.56. The third-order valence-corrected chi connectivity index (χ3v) is 2.99. The molecule has 0 spiro atoms. The van der Waals surface area contributed by atoms with Gasteiger partial charge in [0.1, 0.15) is 5.82 Å². The van der Waals surface area contributed by atoms with E-state index in [0.29, 0.717) is 12.2 Å². The van der Waals surface area contributed by atoms with Gasteiger partial charge in [-0.3, -0.25) is 0 Å². The molecule has 0 heterocycles. The summed E-state index contributed by atoms with van der Waals surface area (Å²) in [5.74, 6) is -0.297. The number of nitrogen functional groups attached to an aromatic ring is 1. The van der Waals surface area contributed by atoms with Gasteiger partial charge < -0.3 is 10.6 Å². The van der Waals surface area contributed by atoms with Crippen molar-refractivity contribution in [1.29, 1.82) is 0 Å². The number of nitrogens with two attached hydrogens (primary N) is 1. The summed E-state index contributed by atoms with van der Waals surface area (Å²) >= 11 is 0. The van der Waals surface area contributed by atoms with Crippen LogP contribution in [0.3, 0.4) is 0 Å². The molecule has 2 aromatic carbocycles. The van der Waals surface area contributed by atoms with Crippen LogP contribution in [0.25, 0.3) is 0 Å². The second-order valence-corrected chi connectivity index (χ2v) is 4.53. The number of anilines is 2. The Kier molecular flexibility index (Phi) is 3.51. The summed E-state index contributed by atoms with van der Waals surface area (Å²) in [7, 11) is 1.99. The fourth-order valence-electron chi connectivity index (χ4n) is 1.86. The van der Waals surface area contributed by atoms with E-state index < -0.39 is 0 Å². The molecule has 0 saturated heterocycles. The molecule has 2 nitrogen and oxygen atoms in total. The summed E-state index contributed by atoms with van der Waals surface area (Å²) in [6.07, 6.45) is 0. The first-order valence-corrected chi connectivity index (χ1v) is 5.88. The number of hydrogen-bond donors (Lipinski definition) is 1. The van der Waals surface area contributed by atoms with Crippen LogP contribution in [0.5, 0.6) is 0 Å². The summed E-state index contributed by atoms with van der Waals surface area (Å²) in [5, 5.41) is 0. The van der Waals surface area contributed by atoms with Crippen LogP contribution in [0.4, 0.5) is 15.8 Å². The van der Waals surface area contributed by atoms with Crippen molar-refractivity contribution >= 4 is 11.4 Å². The molecule has 0 radical (unpaired) electrons. The molecule has 2 N–H and O–H groups in total. The molecule has 2 rings (SSSR count). The molecule has 2 aromatic rings. The van der Waals surface area contributed by atoms with Gasteiger partial charge >= 0.3 is 0 Å². The van der Waals surface area contributed by atoms with Crippen molar-refractivity contribution in [3.05, 3.63) is 59.4 Å². The Morgan fingerprint density at radius 1 is 1.11 bits per heavy atom. The third kappa shape index (κ3) is 2.80. The highest BCUT2D eigenvalue weighted by Gasteiger charge is 2.05. The third-order valence-electron chi connectivity index (χ3n) is 2.99. The van der Waals surface area contributed by atoms with Crippen molar-refractivity contribution in [2.45, 2.75) is 13.5 Å². The maximum atomic E-state index is 13.0. The zero-order valence-corrected chi connectivity index (χ0v) is 10.7. The van der Waals surface area contributed by atoms with E-state index >= 15 is 0 Å². The highest BCUT2D eigenvalue weighted by Crippen LogP contribution is 2.20. The van der Waals surface area contributed by atoms with E-state index in [4.69, 9.17) is 5.73 Å². The Morgan fingerprint density at radius 3 is 2.39 bits per heavy atom. The fraction of sp³-hybridized carbons (Fsp3) is 0.200. The molecule has 0 fully saturated rings. The van der Waals surface area contributed by atoms with Crippen LogP contribution in [-0.2, 0) is 6.54 Å². The van der Waals surface area contributed by atoms with Crippen molar-refractivity contribution in [3.63, 3.8) is 0 Å². The van der Waals surface area contributed by atoms with Crippen molar-refractivity contribution in [2.75, 3.05) is 17.7 Å². The summed E-state index contributed by atoms with van der Waals surface area (Å²) in [6, 6.07) is 12.8. The SMILES string of the molecule is Cc1ccc(N(C)Cc2ccc(F)cc2N)cc1. The molecular weight excluding hydrogens is 227 g/mol. The Labute approximate surface area is 107 Å². The van der Waals surface area contributed by atoms with E-state index in [1.165, 1.54) is 17.7 Å². The lowest BCUT2D eigenvalue weighted by Crippen LogP contribution is -2.17. The van der Waals surface area contributed by atoms with E-state index in [1.54, 1.807) is 6.07 Å². The molecule has 3 heteroatoms. The summed E-state index contributed by atoms with van der Waals surface area (Å²) in [5.41, 5.74) is 9.57. The molecular formula is C15H17FN2. The number of aryl methyl sites for hydroxylation is 1. The van der Waals surface area contributed by atoms with Gasteiger partial charge in [0.15, 0.2) is 0 Å². The van der Waals surface area contributed by atoms with Crippen molar-refractivity contribution in [2.24, 2.45) is 0 Å². The summed E-state index contributed by atoms with van der Waals surface area (Å²) in [4.78, 5) is 2.09. The van der Waals surface area contributed by atoms with Gasteiger partial charge in [0.05, 0.1) is 0 Å². The first-order valence-electron chi connectivity index (χ1n) is 5.88. The number of halogens is 1. The lowest BCUT2D eigenvalue weighted by molar-refractivity contribution is 0.627. The number of benzene rings is 2. The molecule has 0 unspecified atom stereocenters. The second kappa shape index (κ2) is 5.08. The second-order valence-electron chi connectivity index (χ2n) is 4.53. The van der Waals surface area contributed by atoms with E-state index in [-0.39, 0.29) is 5.82 Å². The van der Waals surface area contributed by atoms with Crippen LogP contribution in [0.1, 0.15) is 11.1 Å². The Morgan fingerprint density at radius 2 is 1.78 bits per heavy atom. The molecule has 0 aliphatic heterocycles. The lowest BCUT2D eigenvalue weighted by atomic mass is 10.1. The molecule has 0 aliphatic rings. The quantitative estimate of drug-likeness (QED) is 0.839. The van der Waals surface area contributed by atoms with E-state index in [1.807, 2.05) is 7.05 Å². The lowest BCUT2D eigenvalue weighted by Gasteiger charge is -2.20. The molecule has 0 amide bonds. The number of rotatable bonds is 3. The Bertz CT molecular complexity index is 535. The minimum atomic E-state index is -0.297. The highest BCUT2D eigenvalue weighted by molar-refractivity contribution is 5.52. The van der Waals surface area contributed by atoms with Gasteiger partial charge in [0.25, 0.3) is 0 Å². The first kappa shape index (κ1) is 12.4. The fourth-order valence-corrected chi connectivity index (χ4v) is 1.86. The van der Waals surface area contributed by atoms with E-state index in [2.05, 4.69) is 36.1 Å². The minimum absolute atomic E-state index is 0.297. The molecule has 0 bridgehead atoms. The number of nitrogens with zero attached hydrogens (tertiary/aromatic N) is 1. The van der Waals surface area contributed by atoms with E-state index in [9.17, 15) is 4.39 Å². The normalized spacial score (nSPS) is 10.4. The maximum absolute atomic E-state index is 13.0. The molecule has 0 aliphatic carbocycles. The van der Waals surface area contributed by atoms with Crippen molar-refractivity contribution in [3.8, 4) is 0 Å². The molecule has 0 saturated carbocycles. The van der Waals surface area contributed by atoms with Gasteiger partial charge in [-0.1, -0.05) is 23.8 Å². The topological polar surface area (TPSA) is 29.3 Å². The molecule has 94 valence electrons. The number of hydrogen-bond acceptors (Lipinski definition) is 2. The van der Waals surface area contributed by atoms with E-state index in [0.717, 1.165) is 11.3 Å². The van der Waals surface area contributed by atoms with Gasteiger partial charge in [-0.25, -0.2) is 4.39 Å². The van der Waals surface area contributed by atoms with Crippen LogP contribution in [-0.4, -0.2) is 7.05 Å². The monoisotopic (exact) mass is 244 g/mol. The van der Waals surface area contributed by atoms with Crippen LogP contribution < -0.4 is 10.6 Å². The smallest absolute Gasteiger partial charge is 0.125 e. The minimum Gasteiger partial charge on any atom is -0.398 e. The Hall–Kier alpha value is -2.03. The van der Waals surface area contributed by atoms with Gasteiger partial charge in [-0.05, 0) is 36.8 Å². The van der Waals surface area contributed by atoms with Gasteiger partial charge in [-0.15, -0.1) is 0 Å². The maximum Gasteiger partial charge on any atom is 0.125 e. The molecule has 0 aromatic heterocycles. The van der Waals surface area contributed by atoms with Crippen LogP contribution in [0.15, 0.2) is 42.5 Å². The van der Waals surface area contributed by atoms with Crippen molar-refractivity contribution < 1.29 is 4.39 Å². The average molecular weight is 244 g/mol. The van der Waals surface area contributed by atoms with Gasteiger partial charge in [0, 0.05) is 25.0 Å². The standard InChI is InChI=1S/C15H17FN2/c1-11-3-7-14(8-4-11)18(2)10-12-5-6-13(16)9-15(12)17/h3-9H,10,17H2,1-2H3. The Balaban J connectivity index is 2.15. The van der Waals surface area contributed by atoms with Crippen molar-refractivity contribution in [1.82, 2.24) is 0 Å². The summed E-state index contributed by atoms with van der Waals surface area (Å²) < 4.78 is 13.0. The van der Waals surface area contributed by atoms with Gasteiger partial charge in [0.2, 0.25) is 0 Å². The zero-order valence-electron chi connectivity index (χ0n) is 10.7. The predicted octanol–water partition coefficient (Wildman–Crippen LogP) is 3.35. The zero-order chi connectivity index (χ0) is 13.1. The average Bonchev–Trinajstić information content (AvgIpc) is 2.33. The van der Waals surface area contributed by atoms with Crippen LogP contribution in [0, 0.1) is 12.7 Å². The van der Waals surface area contributed by atoms with Crippen LogP contribution >= 0.6 is 0 Å². The molecule has 18 heavy (non-hydrogen) atoms. The molecule has 0 atom stereocenters. The van der Waals surface area contributed by atoms with Crippen LogP contribution in [0.2, 0.25) is 0 Å². The van der Waals surface area contributed by atoms with Gasteiger partial charge in [-0.2, -0.15) is 0 Å². The highest BCUT2D eigenvalue weighted by atomic mass is 19.1. The largest absolute Gasteiger partial charge is 0.398 e. The predicted molar refractivity (Wildman–Crippen MR) is 74.1 cm³/mol.